The Morgan fingerprint density at radius 3 is 2.69 bits per heavy atom. The van der Waals surface area contributed by atoms with Gasteiger partial charge in [-0.1, -0.05) is 11.6 Å². The predicted octanol–water partition coefficient (Wildman–Crippen LogP) is 2.81. The van der Waals surface area contributed by atoms with Gasteiger partial charge in [-0.25, -0.2) is 4.98 Å². The minimum absolute atomic E-state index is 0.0987. The van der Waals surface area contributed by atoms with E-state index < -0.39 is 0 Å². The molecule has 1 amide bonds. The van der Waals surface area contributed by atoms with Crippen LogP contribution in [0.15, 0.2) is 24.3 Å². The third kappa shape index (κ3) is 2.03. The van der Waals surface area contributed by atoms with Crippen LogP contribution in [0.4, 0.5) is 5.82 Å². The molecule has 16 heavy (non-hydrogen) atoms. The van der Waals surface area contributed by atoms with Crippen LogP contribution in [0.3, 0.4) is 0 Å². The Bertz CT molecular complexity index is 561. The molecule has 0 fully saturated rings. The third-order valence-corrected chi connectivity index (χ3v) is 2.48. The van der Waals surface area contributed by atoms with Gasteiger partial charge < -0.3 is 5.32 Å². The smallest absolute Gasteiger partial charge is 0.222 e. The van der Waals surface area contributed by atoms with E-state index >= 15 is 0 Å². The van der Waals surface area contributed by atoms with Crippen LogP contribution in [0.2, 0.25) is 0 Å². The van der Waals surface area contributed by atoms with Crippen LogP contribution in [-0.2, 0) is 4.79 Å². The Balaban J connectivity index is 2.59. The Kier molecular flexibility index (Phi) is 2.60. The SMILES string of the molecule is CC(=O)Nc1cc(C)c2cc(C)ccc2n1. The van der Waals surface area contributed by atoms with E-state index in [9.17, 15) is 4.79 Å². The minimum Gasteiger partial charge on any atom is -0.311 e. The maximum atomic E-state index is 11.0. The van der Waals surface area contributed by atoms with Crippen molar-refractivity contribution >= 4 is 22.6 Å². The van der Waals surface area contributed by atoms with E-state index in [4.69, 9.17) is 0 Å². The van der Waals surface area contributed by atoms with Crippen molar-refractivity contribution in [1.29, 1.82) is 0 Å². The zero-order chi connectivity index (χ0) is 11.7. The monoisotopic (exact) mass is 214 g/mol. The molecule has 1 N–H and O–H groups in total. The third-order valence-electron chi connectivity index (χ3n) is 2.48. The van der Waals surface area contributed by atoms with Crippen molar-refractivity contribution in [3.8, 4) is 0 Å². The lowest BCUT2D eigenvalue weighted by Gasteiger charge is -2.07. The molecular formula is C13H14N2O. The van der Waals surface area contributed by atoms with Crippen LogP contribution in [0.25, 0.3) is 10.9 Å². The molecule has 0 radical (unpaired) electrons. The Morgan fingerprint density at radius 1 is 1.25 bits per heavy atom. The number of carbonyl (C=O) groups excluding carboxylic acids is 1. The second-order valence-corrected chi connectivity index (χ2v) is 4.03. The van der Waals surface area contributed by atoms with Crippen molar-refractivity contribution in [2.75, 3.05) is 5.32 Å². The van der Waals surface area contributed by atoms with Crippen molar-refractivity contribution in [1.82, 2.24) is 4.98 Å². The van der Waals surface area contributed by atoms with Crippen molar-refractivity contribution in [3.05, 3.63) is 35.4 Å². The van der Waals surface area contributed by atoms with Crippen molar-refractivity contribution in [2.24, 2.45) is 0 Å². The van der Waals surface area contributed by atoms with Gasteiger partial charge in [0.05, 0.1) is 5.52 Å². The van der Waals surface area contributed by atoms with Crippen molar-refractivity contribution in [2.45, 2.75) is 20.8 Å². The van der Waals surface area contributed by atoms with Gasteiger partial charge in [0.2, 0.25) is 5.91 Å². The molecule has 0 aliphatic rings. The summed E-state index contributed by atoms with van der Waals surface area (Å²) in [5, 5.41) is 3.84. The van der Waals surface area contributed by atoms with Crippen LogP contribution in [0, 0.1) is 13.8 Å². The molecule has 0 spiro atoms. The second-order valence-electron chi connectivity index (χ2n) is 4.03. The van der Waals surface area contributed by atoms with Crippen LogP contribution >= 0.6 is 0 Å². The molecule has 0 bridgehead atoms. The molecule has 3 heteroatoms. The molecule has 0 aliphatic carbocycles. The standard InChI is InChI=1S/C13H14N2O/c1-8-4-5-12-11(6-8)9(2)7-13(15-12)14-10(3)16/h4-7H,1-3H3,(H,14,15,16). The molecule has 0 unspecified atom stereocenters. The predicted molar refractivity (Wildman–Crippen MR) is 65.5 cm³/mol. The number of nitrogens with zero attached hydrogens (tertiary/aromatic N) is 1. The topological polar surface area (TPSA) is 42.0 Å². The number of nitrogens with one attached hydrogen (secondary N) is 1. The number of anilines is 1. The van der Waals surface area contributed by atoms with Crippen LogP contribution in [0.1, 0.15) is 18.1 Å². The summed E-state index contributed by atoms with van der Waals surface area (Å²) in [7, 11) is 0. The number of amides is 1. The van der Waals surface area contributed by atoms with E-state index in [-0.39, 0.29) is 5.91 Å². The fourth-order valence-electron chi connectivity index (χ4n) is 1.75. The van der Waals surface area contributed by atoms with Crippen LogP contribution < -0.4 is 5.32 Å². The lowest BCUT2D eigenvalue weighted by atomic mass is 10.1. The number of aromatic nitrogens is 1. The zero-order valence-electron chi connectivity index (χ0n) is 9.66. The van der Waals surface area contributed by atoms with Crippen molar-refractivity contribution < 1.29 is 4.79 Å². The van der Waals surface area contributed by atoms with Gasteiger partial charge in [0.1, 0.15) is 5.82 Å². The fourth-order valence-corrected chi connectivity index (χ4v) is 1.75. The average Bonchev–Trinajstić information content (AvgIpc) is 2.18. The van der Waals surface area contributed by atoms with E-state index in [1.165, 1.54) is 12.5 Å². The van der Waals surface area contributed by atoms with Crippen molar-refractivity contribution in [3.63, 3.8) is 0 Å². The molecule has 0 saturated heterocycles. The number of hydrogen-bond acceptors (Lipinski definition) is 2. The Labute approximate surface area is 94.5 Å². The Morgan fingerprint density at radius 2 is 2.00 bits per heavy atom. The second kappa shape index (κ2) is 3.93. The number of pyridine rings is 1. The average molecular weight is 214 g/mol. The number of aryl methyl sites for hydroxylation is 2. The summed E-state index contributed by atoms with van der Waals surface area (Å²) in [5.41, 5.74) is 3.25. The van der Waals surface area contributed by atoms with Crippen LogP contribution in [-0.4, -0.2) is 10.9 Å². The first kappa shape index (κ1) is 10.6. The van der Waals surface area contributed by atoms with Gasteiger partial charge >= 0.3 is 0 Å². The molecular weight excluding hydrogens is 200 g/mol. The Hall–Kier alpha value is -1.90. The van der Waals surface area contributed by atoms with E-state index in [1.807, 2.05) is 25.1 Å². The number of fused-ring (bicyclic) bond motifs is 1. The molecule has 0 atom stereocenters. The quantitative estimate of drug-likeness (QED) is 0.793. The van der Waals surface area contributed by atoms with E-state index in [1.54, 1.807) is 0 Å². The van der Waals surface area contributed by atoms with E-state index in [0.717, 1.165) is 16.5 Å². The van der Waals surface area contributed by atoms with Gasteiger partial charge in [0, 0.05) is 12.3 Å². The molecule has 2 rings (SSSR count). The van der Waals surface area contributed by atoms with Gasteiger partial charge in [-0.05, 0) is 37.6 Å². The van der Waals surface area contributed by atoms with Gasteiger partial charge in [-0.3, -0.25) is 4.79 Å². The highest BCUT2D eigenvalue weighted by Crippen LogP contribution is 2.21. The highest BCUT2D eigenvalue weighted by molar-refractivity contribution is 5.91. The summed E-state index contributed by atoms with van der Waals surface area (Å²) in [4.78, 5) is 15.3. The normalized spacial score (nSPS) is 10.4. The summed E-state index contributed by atoms with van der Waals surface area (Å²) >= 11 is 0. The molecule has 0 saturated carbocycles. The van der Waals surface area contributed by atoms with E-state index in [0.29, 0.717) is 5.82 Å². The minimum atomic E-state index is -0.0987. The molecule has 1 aromatic carbocycles. The number of carbonyl (C=O) groups is 1. The number of benzene rings is 1. The summed E-state index contributed by atoms with van der Waals surface area (Å²) in [6, 6.07) is 7.99. The molecule has 82 valence electrons. The highest BCUT2D eigenvalue weighted by atomic mass is 16.1. The zero-order valence-corrected chi connectivity index (χ0v) is 9.66. The summed E-state index contributed by atoms with van der Waals surface area (Å²) in [6.45, 7) is 5.56. The molecule has 1 heterocycles. The van der Waals surface area contributed by atoms with Gasteiger partial charge in [-0.2, -0.15) is 0 Å². The highest BCUT2D eigenvalue weighted by Gasteiger charge is 2.03. The van der Waals surface area contributed by atoms with Gasteiger partial charge in [0.15, 0.2) is 0 Å². The summed E-state index contributed by atoms with van der Waals surface area (Å²) < 4.78 is 0. The van der Waals surface area contributed by atoms with E-state index in [2.05, 4.69) is 23.3 Å². The van der Waals surface area contributed by atoms with Gasteiger partial charge in [0.25, 0.3) is 0 Å². The first-order valence-electron chi connectivity index (χ1n) is 5.22. The fraction of sp³-hybridized carbons (Fsp3) is 0.231. The van der Waals surface area contributed by atoms with Crippen LogP contribution in [0.5, 0.6) is 0 Å². The summed E-state index contributed by atoms with van der Waals surface area (Å²) in [6.07, 6.45) is 0. The number of hydrogen-bond donors (Lipinski definition) is 1. The largest absolute Gasteiger partial charge is 0.311 e. The molecule has 2 aromatic rings. The molecule has 3 nitrogen and oxygen atoms in total. The van der Waals surface area contributed by atoms with Gasteiger partial charge in [-0.15, -0.1) is 0 Å². The number of rotatable bonds is 1. The first-order chi connectivity index (χ1) is 7.56. The maximum Gasteiger partial charge on any atom is 0.222 e. The molecule has 0 aliphatic heterocycles. The first-order valence-corrected chi connectivity index (χ1v) is 5.22. The molecule has 1 aromatic heterocycles. The maximum absolute atomic E-state index is 11.0. The summed E-state index contributed by atoms with van der Waals surface area (Å²) in [5.74, 6) is 0.514. The lowest BCUT2D eigenvalue weighted by molar-refractivity contribution is -0.114. The lowest BCUT2D eigenvalue weighted by Crippen LogP contribution is -2.07.